The lowest BCUT2D eigenvalue weighted by Crippen LogP contribution is -2.53. The molecule has 0 saturated carbocycles. The Morgan fingerprint density at radius 1 is 1.35 bits per heavy atom. The maximum Gasteiger partial charge on any atom is 0.253 e. The van der Waals surface area contributed by atoms with Crippen molar-refractivity contribution in [3.8, 4) is 0 Å². The van der Waals surface area contributed by atoms with Crippen LogP contribution in [0.5, 0.6) is 0 Å². The van der Waals surface area contributed by atoms with Crippen LogP contribution in [0.3, 0.4) is 0 Å². The molecule has 1 atom stereocenters. The smallest absolute Gasteiger partial charge is 0.253 e. The van der Waals surface area contributed by atoms with E-state index in [0.29, 0.717) is 23.6 Å². The number of furan rings is 1. The van der Waals surface area contributed by atoms with E-state index in [-0.39, 0.29) is 18.4 Å². The van der Waals surface area contributed by atoms with Crippen molar-refractivity contribution in [3.05, 3.63) is 59.5 Å². The average molecular weight is 420 g/mol. The maximum absolute atomic E-state index is 12.6. The fourth-order valence-electron chi connectivity index (χ4n) is 3.44. The number of amides is 2. The second kappa shape index (κ2) is 7.88. The summed E-state index contributed by atoms with van der Waals surface area (Å²) in [4.78, 5) is 30.5. The summed E-state index contributed by atoms with van der Waals surface area (Å²) in [7, 11) is 1.72. The number of pyridine rings is 1. The lowest BCUT2D eigenvalue weighted by atomic mass is 9.99. The van der Waals surface area contributed by atoms with Crippen molar-refractivity contribution >= 4 is 40.4 Å². The van der Waals surface area contributed by atoms with Gasteiger partial charge in [0.1, 0.15) is 16.9 Å². The number of anilines is 2. The summed E-state index contributed by atoms with van der Waals surface area (Å²) in [5.74, 6) is 0.607. The molecular weight excluding hydrogens is 396 g/mol. The van der Waals surface area contributed by atoms with E-state index in [4.69, 9.17) is 4.42 Å². The lowest BCUT2D eigenvalue weighted by Gasteiger charge is -2.33. The molecule has 8 heteroatoms. The third-order valence-corrected chi connectivity index (χ3v) is 5.49. The normalized spacial score (nSPS) is 18.0. The third-order valence-electron chi connectivity index (χ3n) is 5.49. The summed E-state index contributed by atoms with van der Waals surface area (Å²) in [5.41, 5.74) is 1.97. The van der Waals surface area contributed by atoms with Crippen molar-refractivity contribution in [3.63, 3.8) is 0 Å². The predicted octanol–water partition coefficient (Wildman–Crippen LogP) is 2.92. The van der Waals surface area contributed by atoms with Crippen LogP contribution in [-0.4, -0.2) is 46.0 Å². The number of aliphatic hydroxyl groups excluding tert-OH is 1. The number of carbonyl (C=O) groups is 2. The molecule has 2 amide bonds. The van der Waals surface area contributed by atoms with Crippen molar-refractivity contribution in [1.82, 2.24) is 9.88 Å². The molecule has 31 heavy (non-hydrogen) atoms. The van der Waals surface area contributed by atoms with E-state index in [1.54, 1.807) is 37.2 Å². The zero-order chi connectivity index (χ0) is 22.2. The minimum Gasteiger partial charge on any atom is -0.459 e. The van der Waals surface area contributed by atoms with Gasteiger partial charge in [-0.25, -0.2) is 4.98 Å². The van der Waals surface area contributed by atoms with Gasteiger partial charge in [-0.2, -0.15) is 0 Å². The zero-order valence-corrected chi connectivity index (χ0v) is 17.6. The Balaban J connectivity index is 1.47. The van der Waals surface area contributed by atoms with Gasteiger partial charge in [-0.1, -0.05) is 18.2 Å². The molecule has 0 aliphatic carbocycles. The molecule has 0 spiro atoms. The van der Waals surface area contributed by atoms with E-state index < -0.39 is 5.54 Å². The largest absolute Gasteiger partial charge is 0.459 e. The number of aromatic nitrogens is 1. The fraction of sp³-hybridized carbons (Fsp3) is 0.261. The summed E-state index contributed by atoms with van der Waals surface area (Å²) in [6.07, 6.45) is 4.69. The van der Waals surface area contributed by atoms with Gasteiger partial charge in [-0.15, -0.1) is 0 Å². The molecule has 8 nitrogen and oxygen atoms in total. The molecular formula is C23H24N4O4. The number of hydrogen-bond acceptors (Lipinski definition) is 6. The Bertz CT molecular complexity index is 1200. The van der Waals surface area contributed by atoms with Gasteiger partial charge in [0.15, 0.2) is 5.82 Å². The summed E-state index contributed by atoms with van der Waals surface area (Å²) >= 11 is 0. The molecule has 160 valence electrons. The third kappa shape index (κ3) is 3.89. The molecule has 3 aromatic rings. The molecule has 2 aromatic heterocycles. The number of fused-ring (bicyclic) bond motifs is 2. The highest BCUT2D eigenvalue weighted by Crippen LogP contribution is 2.30. The van der Waals surface area contributed by atoms with Crippen LogP contribution in [0.25, 0.3) is 17.0 Å². The van der Waals surface area contributed by atoms with Crippen LogP contribution in [-0.2, 0) is 16.1 Å². The van der Waals surface area contributed by atoms with Crippen LogP contribution < -0.4 is 10.6 Å². The van der Waals surface area contributed by atoms with E-state index >= 15 is 0 Å². The summed E-state index contributed by atoms with van der Waals surface area (Å²) in [6, 6.07) is 9.56. The van der Waals surface area contributed by atoms with E-state index in [1.165, 1.54) is 6.08 Å². The van der Waals surface area contributed by atoms with Gasteiger partial charge < -0.3 is 25.1 Å². The molecule has 0 saturated heterocycles. The van der Waals surface area contributed by atoms with Crippen molar-refractivity contribution in [2.45, 2.75) is 25.9 Å². The molecule has 1 aliphatic heterocycles. The fourth-order valence-corrected chi connectivity index (χ4v) is 3.44. The van der Waals surface area contributed by atoms with Crippen LogP contribution in [0.2, 0.25) is 0 Å². The quantitative estimate of drug-likeness (QED) is 0.548. The minimum atomic E-state index is -1.13. The molecule has 4 rings (SSSR count). The molecule has 3 heterocycles. The number of aliphatic hydroxyl groups is 1. The molecule has 0 fully saturated rings. The first-order valence-electron chi connectivity index (χ1n) is 9.91. The SMILES string of the molecule is Cc1c(CN(C)C(=O)/C=C/c2cnc3c(c2)NC(C)(CO)C(=O)N3)oc2ccccc12. The van der Waals surface area contributed by atoms with Gasteiger partial charge in [-0.3, -0.25) is 9.59 Å². The van der Waals surface area contributed by atoms with Crippen LogP contribution >= 0.6 is 0 Å². The number of benzene rings is 1. The number of hydrogen-bond donors (Lipinski definition) is 3. The first kappa shape index (κ1) is 20.6. The standard InChI is InChI=1S/C23H24N4O4/c1-14-16-6-4-5-7-18(16)31-19(14)12-27(3)20(29)9-8-15-10-17-21(24-11-15)25-22(30)23(2,13-28)26-17/h4-11,26,28H,12-13H2,1-3H3,(H,24,25,30)/b9-8+. The van der Waals surface area contributed by atoms with Crippen molar-refractivity contribution in [1.29, 1.82) is 0 Å². The van der Waals surface area contributed by atoms with E-state index in [0.717, 1.165) is 22.3 Å². The van der Waals surface area contributed by atoms with Gasteiger partial charge in [0.05, 0.1) is 18.8 Å². The predicted molar refractivity (Wildman–Crippen MR) is 118 cm³/mol. The Kier molecular flexibility index (Phi) is 5.24. The number of nitrogens with zero attached hydrogens (tertiary/aromatic N) is 2. The number of carbonyl (C=O) groups excluding carboxylic acids is 2. The average Bonchev–Trinajstić information content (AvgIpc) is 3.08. The highest BCUT2D eigenvalue weighted by molar-refractivity contribution is 6.05. The van der Waals surface area contributed by atoms with Crippen LogP contribution in [0.4, 0.5) is 11.5 Å². The van der Waals surface area contributed by atoms with Crippen LogP contribution in [0.1, 0.15) is 23.8 Å². The van der Waals surface area contributed by atoms with Crippen LogP contribution in [0.15, 0.2) is 47.0 Å². The first-order chi connectivity index (χ1) is 14.8. The van der Waals surface area contributed by atoms with Crippen molar-refractivity contribution < 1.29 is 19.1 Å². The molecule has 3 N–H and O–H groups in total. The summed E-state index contributed by atoms with van der Waals surface area (Å²) in [6.45, 7) is 3.59. The number of rotatable bonds is 5. The topological polar surface area (TPSA) is 108 Å². The molecule has 0 radical (unpaired) electrons. The molecule has 1 unspecified atom stereocenters. The second-order valence-corrected chi connectivity index (χ2v) is 7.91. The van der Waals surface area contributed by atoms with Crippen LogP contribution in [0, 0.1) is 6.92 Å². The number of aryl methyl sites for hydroxylation is 1. The lowest BCUT2D eigenvalue weighted by molar-refractivity contribution is -0.125. The number of likely N-dealkylation sites (N-methyl/N-ethyl adjacent to an activating group) is 1. The van der Waals surface area contributed by atoms with Crippen molar-refractivity contribution in [2.24, 2.45) is 0 Å². The molecule has 1 aromatic carbocycles. The van der Waals surface area contributed by atoms with Gasteiger partial charge in [0, 0.05) is 30.3 Å². The number of para-hydroxylation sites is 1. The second-order valence-electron chi connectivity index (χ2n) is 7.91. The Morgan fingerprint density at radius 2 is 2.13 bits per heavy atom. The van der Waals surface area contributed by atoms with Gasteiger partial charge in [0.25, 0.3) is 5.91 Å². The van der Waals surface area contributed by atoms with E-state index in [2.05, 4.69) is 15.6 Å². The van der Waals surface area contributed by atoms with Gasteiger partial charge in [-0.05, 0) is 37.6 Å². The van der Waals surface area contributed by atoms with Gasteiger partial charge >= 0.3 is 0 Å². The highest BCUT2D eigenvalue weighted by Gasteiger charge is 2.37. The Hall–Kier alpha value is -3.65. The first-order valence-corrected chi connectivity index (χ1v) is 9.91. The summed E-state index contributed by atoms with van der Waals surface area (Å²) < 4.78 is 5.89. The molecule has 1 aliphatic rings. The maximum atomic E-state index is 12.6. The van der Waals surface area contributed by atoms with Gasteiger partial charge in [0.2, 0.25) is 5.91 Å². The van der Waals surface area contributed by atoms with E-state index in [1.807, 2.05) is 31.2 Å². The summed E-state index contributed by atoms with van der Waals surface area (Å²) in [5, 5.41) is 16.3. The highest BCUT2D eigenvalue weighted by atomic mass is 16.3. The number of nitrogens with one attached hydrogen (secondary N) is 2. The monoisotopic (exact) mass is 420 g/mol. The van der Waals surface area contributed by atoms with E-state index in [9.17, 15) is 14.7 Å². The zero-order valence-electron chi connectivity index (χ0n) is 17.6. The Labute approximate surface area is 179 Å². The molecule has 0 bridgehead atoms. The minimum absolute atomic E-state index is 0.181. The van der Waals surface area contributed by atoms with Crippen molar-refractivity contribution in [2.75, 3.05) is 24.3 Å². The Morgan fingerprint density at radius 3 is 2.87 bits per heavy atom.